The molecule has 0 saturated carbocycles. The number of nitrogens with zero attached hydrogens (tertiary/aromatic N) is 4. The number of aromatic nitrogens is 3. The molecule has 0 radical (unpaired) electrons. The normalized spacial score (nSPS) is 15.8. The van der Waals surface area contributed by atoms with E-state index in [9.17, 15) is 0 Å². The molecule has 0 N–H and O–H groups in total. The number of hydrogen-bond acceptors (Lipinski definition) is 6. The fourth-order valence-electron chi connectivity index (χ4n) is 2.00. The van der Waals surface area contributed by atoms with E-state index in [4.69, 9.17) is 16.3 Å². The standard InChI is InChI=1S/C12H13ClN4OS/c1-8-10(16-12(13)19-8)11-14-3-2-9(15-11)17-4-6-18-7-5-17/h2-3H,4-7H2,1H3. The smallest absolute Gasteiger partial charge is 0.184 e. The van der Waals surface area contributed by atoms with E-state index in [1.807, 2.05) is 13.0 Å². The van der Waals surface area contributed by atoms with Crippen molar-refractivity contribution in [1.29, 1.82) is 0 Å². The quantitative estimate of drug-likeness (QED) is 0.852. The van der Waals surface area contributed by atoms with Gasteiger partial charge in [0.05, 0.1) is 13.2 Å². The minimum absolute atomic E-state index is 0.521. The third kappa shape index (κ3) is 2.70. The molecule has 3 heterocycles. The first-order valence-electron chi connectivity index (χ1n) is 6.03. The van der Waals surface area contributed by atoms with Gasteiger partial charge in [-0.05, 0) is 13.0 Å². The van der Waals surface area contributed by atoms with Gasteiger partial charge in [-0.15, -0.1) is 11.3 Å². The molecule has 1 aliphatic heterocycles. The van der Waals surface area contributed by atoms with Crippen molar-refractivity contribution in [1.82, 2.24) is 15.0 Å². The molecule has 2 aromatic heterocycles. The number of thiazole rings is 1. The molecule has 3 rings (SSSR count). The molecule has 7 heteroatoms. The fourth-order valence-corrected chi connectivity index (χ4v) is 3.06. The molecule has 0 spiro atoms. The Morgan fingerprint density at radius 3 is 2.79 bits per heavy atom. The van der Waals surface area contributed by atoms with Gasteiger partial charge >= 0.3 is 0 Å². The Morgan fingerprint density at radius 1 is 1.32 bits per heavy atom. The second-order valence-electron chi connectivity index (χ2n) is 4.21. The lowest BCUT2D eigenvalue weighted by Crippen LogP contribution is -2.36. The summed E-state index contributed by atoms with van der Waals surface area (Å²) in [5, 5.41) is 0. The molecule has 1 aliphatic rings. The van der Waals surface area contributed by atoms with Crippen LogP contribution in [0.4, 0.5) is 5.82 Å². The number of halogens is 1. The summed E-state index contributed by atoms with van der Waals surface area (Å²) in [6.07, 6.45) is 1.76. The van der Waals surface area contributed by atoms with E-state index >= 15 is 0 Å². The Morgan fingerprint density at radius 2 is 2.11 bits per heavy atom. The first-order valence-corrected chi connectivity index (χ1v) is 7.22. The van der Waals surface area contributed by atoms with Gasteiger partial charge in [0.2, 0.25) is 0 Å². The highest BCUT2D eigenvalue weighted by molar-refractivity contribution is 7.16. The number of hydrogen-bond donors (Lipinski definition) is 0. The summed E-state index contributed by atoms with van der Waals surface area (Å²) in [4.78, 5) is 16.4. The molecule has 0 bridgehead atoms. The van der Waals surface area contributed by atoms with Crippen LogP contribution in [0.25, 0.3) is 11.5 Å². The molecule has 1 fully saturated rings. The average Bonchev–Trinajstić information content (AvgIpc) is 2.79. The second kappa shape index (κ2) is 5.40. The number of morpholine rings is 1. The Labute approximate surface area is 120 Å². The zero-order valence-corrected chi connectivity index (χ0v) is 12.0. The summed E-state index contributed by atoms with van der Waals surface area (Å²) in [5.41, 5.74) is 0.769. The van der Waals surface area contributed by atoms with E-state index in [1.165, 1.54) is 11.3 Å². The number of anilines is 1. The molecule has 19 heavy (non-hydrogen) atoms. The van der Waals surface area contributed by atoms with Crippen LogP contribution in [0, 0.1) is 6.92 Å². The number of ether oxygens (including phenoxy) is 1. The van der Waals surface area contributed by atoms with Crippen LogP contribution in [-0.2, 0) is 4.74 Å². The number of aryl methyl sites for hydroxylation is 1. The Hall–Kier alpha value is -1.24. The molecule has 2 aromatic rings. The summed E-state index contributed by atoms with van der Waals surface area (Å²) in [7, 11) is 0. The molecular weight excluding hydrogens is 284 g/mol. The van der Waals surface area contributed by atoms with E-state index < -0.39 is 0 Å². The minimum atomic E-state index is 0.521. The zero-order chi connectivity index (χ0) is 13.2. The summed E-state index contributed by atoms with van der Waals surface area (Å²) in [5.74, 6) is 1.54. The minimum Gasteiger partial charge on any atom is -0.378 e. The van der Waals surface area contributed by atoms with E-state index in [2.05, 4.69) is 19.9 Å². The summed E-state index contributed by atoms with van der Waals surface area (Å²) < 4.78 is 5.87. The number of rotatable bonds is 2. The van der Waals surface area contributed by atoms with Crippen LogP contribution >= 0.6 is 22.9 Å². The lowest BCUT2D eigenvalue weighted by atomic mass is 10.3. The maximum absolute atomic E-state index is 5.93. The highest BCUT2D eigenvalue weighted by Crippen LogP contribution is 2.28. The van der Waals surface area contributed by atoms with Gasteiger partial charge < -0.3 is 9.64 Å². The van der Waals surface area contributed by atoms with Crippen LogP contribution in [0.3, 0.4) is 0 Å². The molecule has 0 aliphatic carbocycles. The van der Waals surface area contributed by atoms with Gasteiger partial charge in [-0.1, -0.05) is 11.6 Å². The third-order valence-corrected chi connectivity index (χ3v) is 4.03. The molecule has 1 saturated heterocycles. The maximum atomic E-state index is 5.93. The predicted molar refractivity (Wildman–Crippen MR) is 75.9 cm³/mol. The molecule has 100 valence electrons. The summed E-state index contributed by atoms with van der Waals surface area (Å²) in [6.45, 7) is 5.16. The second-order valence-corrected chi connectivity index (χ2v) is 5.99. The van der Waals surface area contributed by atoms with Gasteiger partial charge in [-0.2, -0.15) is 0 Å². The first-order chi connectivity index (χ1) is 9.24. The summed E-state index contributed by atoms with van der Waals surface area (Å²) >= 11 is 7.38. The van der Waals surface area contributed by atoms with Crippen molar-refractivity contribution in [3.63, 3.8) is 0 Å². The van der Waals surface area contributed by atoms with Crippen molar-refractivity contribution in [2.75, 3.05) is 31.2 Å². The highest BCUT2D eigenvalue weighted by atomic mass is 35.5. The van der Waals surface area contributed by atoms with Crippen molar-refractivity contribution < 1.29 is 4.74 Å². The van der Waals surface area contributed by atoms with E-state index in [0.29, 0.717) is 10.3 Å². The Kier molecular flexibility index (Phi) is 3.63. The highest BCUT2D eigenvalue weighted by Gasteiger charge is 2.16. The fraction of sp³-hybridized carbons (Fsp3) is 0.417. The van der Waals surface area contributed by atoms with E-state index in [-0.39, 0.29) is 0 Å². The molecule has 0 aromatic carbocycles. The molecule has 5 nitrogen and oxygen atoms in total. The SMILES string of the molecule is Cc1sc(Cl)nc1-c1nccc(N2CCOCC2)n1. The monoisotopic (exact) mass is 296 g/mol. The Balaban J connectivity index is 1.93. The Bertz CT molecular complexity index is 583. The average molecular weight is 297 g/mol. The van der Waals surface area contributed by atoms with Gasteiger partial charge in [0, 0.05) is 24.2 Å². The van der Waals surface area contributed by atoms with E-state index in [1.54, 1.807) is 6.20 Å². The topological polar surface area (TPSA) is 51.1 Å². The largest absolute Gasteiger partial charge is 0.378 e. The molecule has 0 unspecified atom stereocenters. The van der Waals surface area contributed by atoms with Gasteiger partial charge in [-0.3, -0.25) is 0 Å². The molecular formula is C12H13ClN4OS. The zero-order valence-electron chi connectivity index (χ0n) is 10.5. The van der Waals surface area contributed by atoms with Crippen LogP contribution in [0.1, 0.15) is 4.88 Å². The first kappa shape index (κ1) is 12.8. The van der Waals surface area contributed by atoms with Gasteiger partial charge in [0.25, 0.3) is 0 Å². The van der Waals surface area contributed by atoms with Crippen LogP contribution in [0.5, 0.6) is 0 Å². The summed E-state index contributed by atoms with van der Waals surface area (Å²) in [6, 6.07) is 1.91. The lowest BCUT2D eigenvalue weighted by molar-refractivity contribution is 0.122. The lowest BCUT2D eigenvalue weighted by Gasteiger charge is -2.27. The maximum Gasteiger partial charge on any atom is 0.184 e. The van der Waals surface area contributed by atoms with Gasteiger partial charge in [-0.25, -0.2) is 15.0 Å². The predicted octanol–water partition coefficient (Wildman–Crippen LogP) is 2.40. The van der Waals surface area contributed by atoms with Crippen molar-refractivity contribution in [2.24, 2.45) is 0 Å². The van der Waals surface area contributed by atoms with Gasteiger partial charge in [0.1, 0.15) is 11.5 Å². The van der Waals surface area contributed by atoms with Crippen molar-refractivity contribution in [3.8, 4) is 11.5 Å². The van der Waals surface area contributed by atoms with Crippen LogP contribution in [0.15, 0.2) is 12.3 Å². The van der Waals surface area contributed by atoms with Crippen LogP contribution in [0.2, 0.25) is 4.47 Å². The third-order valence-electron chi connectivity index (χ3n) is 2.96. The van der Waals surface area contributed by atoms with Crippen molar-refractivity contribution in [2.45, 2.75) is 6.92 Å². The van der Waals surface area contributed by atoms with E-state index in [0.717, 1.165) is 42.7 Å². The van der Waals surface area contributed by atoms with Crippen molar-refractivity contribution in [3.05, 3.63) is 21.6 Å². The van der Waals surface area contributed by atoms with Gasteiger partial charge in [0.15, 0.2) is 10.3 Å². The molecule has 0 amide bonds. The van der Waals surface area contributed by atoms with Crippen LogP contribution < -0.4 is 4.90 Å². The van der Waals surface area contributed by atoms with Crippen LogP contribution in [-0.4, -0.2) is 41.3 Å². The molecule has 0 atom stereocenters. The van der Waals surface area contributed by atoms with Crippen molar-refractivity contribution >= 4 is 28.8 Å².